The quantitative estimate of drug-likeness (QED) is 0.677. The highest BCUT2D eigenvalue weighted by molar-refractivity contribution is 7.10. The minimum Gasteiger partial charge on any atom is -0.302 e. The van der Waals surface area contributed by atoms with E-state index in [1.807, 2.05) is 66.0 Å². The summed E-state index contributed by atoms with van der Waals surface area (Å²) in [4.78, 5) is 34.0. The number of thiophene rings is 1. The van der Waals surface area contributed by atoms with Crippen LogP contribution in [-0.2, 0) is 16.2 Å². The molecule has 1 atom stereocenters. The van der Waals surface area contributed by atoms with Crippen molar-refractivity contribution in [2.45, 2.75) is 12.8 Å². The number of benzene rings is 2. The van der Waals surface area contributed by atoms with Crippen molar-refractivity contribution in [2.75, 3.05) is 6.54 Å². The van der Waals surface area contributed by atoms with Gasteiger partial charge in [-0.25, -0.2) is 0 Å². The third-order valence-electron chi connectivity index (χ3n) is 4.36. The van der Waals surface area contributed by atoms with Crippen molar-refractivity contribution in [1.29, 1.82) is 0 Å². The predicted molar refractivity (Wildman–Crippen MR) is 103 cm³/mol. The summed E-state index contributed by atoms with van der Waals surface area (Å²) in [5.74, 6) is -0.415. The van der Waals surface area contributed by atoms with E-state index in [9.17, 15) is 9.59 Å². The Bertz CT molecular complexity index is 913. The zero-order valence-corrected chi connectivity index (χ0v) is 15.3. The van der Waals surface area contributed by atoms with Crippen LogP contribution in [0.25, 0.3) is 0 Å². The molecular weight excluding hydrogens is 360 g/mol. The summed E-state index contributed by atoms with van der Waals surface area (Å²) in [5, 5.41) is 3.26. The van der Waals surface area contributed by atoms with E-state index in [0.717, 1.165) is 10.4 Å². The van der Waals surface area contributed by atoms with E-state index >= 15 is 0 Å². The fourth-order valence-corrected chi connectivity index (χ4v) is 3.88. The molecule has 6 heteroatoms. The molecule has 1 aromatic heterocycles. The fraction of sp³-hybridized carbons (Fsp3) is 0.143. The van der Waals surface area contributed by atoms with Gasteiger partial charge in [0, 0.05) is 10.4 Å². The van der Waals surface area contributed by atoms with Gasteiger partial charge in [-0.3, -0.25) is 14.4 Å². The van der Waals surface area contributed by atoms with Crippen molar-refractivity contribution in [3.63, 3.8) is 0 Å². The molecule has 0 saturated carbocycles. The number of hydroxylamine groups is 2. The summed E-state index contributed by atoms with van der Waals surface area (Å²) in [6.45, 7) is 0.257. The van der Waals surface area contributed by atoms with Gasteiger partial charge >= 0.3 is 0 Å². The highest BCUT2D eigenvalue weighted by Crippen LogP contribution is 2.35. The van der Waals surface area contributed by atoms with Crippen molar-refractivity contribution < 1.29 is 14.4 Å². The Labute approximate surface area is 161 Å². The molecule has 2 aromatic carbocycles. The van der Waals surface area contributed by atoms with E-state index < -0.39 is 6.17 Å². The van der Waals surface area contributed by atoms with Gasteiger partial charge in [0.2, 0.25) is 0 Å². The summed E-state index contributed by atoms with van der Waals surface area (Å²) < 4.78 is 0. The summed E-state index contributed by atoms with van der Waals surface area (Å²) in [6.07, 6.45) is -0.561. The number of nitrogens with zero attached hydrogens (tertiary/aromatic N) is 2. The van der Waals surface area contributed by atoms with Gasteiger partial charge in [-0.1, -0.05) is 54.6 Å². The Kier molecular flexibility index (Phi) is 5.00. The Morgan fingerprint density at radius 2 is 1.70 bits per heavy atom. The van der Waals surface area contributed by atoms with E-state index in [2.05, 4.69) is 0 Å². The maximum atomic E-state index is 13.0. The lowest BCUT2D eigenvalue weighted by atomic mass is 10.2. The molecule has 0 bridgehead atoms. The molecule has 0 N–H and O–H groups in total. The maximum absolute atomic E-state index is 13.0. The molecule has 1 saturated heterocycles. The van der Waals surface area contributed by atoms with E-state index in [0.29, 0.717) is 5.56 Å². The standard InChI is InChI=1S/C21H18N2O3S/c24-19-14-22(21(25)17-10-5-2-6-11-17)20(18-12-7-13-27-18)23(19)26-15-16-8-3-1-4-9-16/h1-13,20H,14-15H2/t20-/m0/s1. The normalized spacial score (nSPS) is 16.7. The van der Waals surface area contributed by atoms with Gasteiger partial charge in [-0.2, -0.15) is 5.06 Å². The van der Waals surface area contributed by atoms with Gasteiger partial charge in [0.1, 0.15) is 13.2 Å². The summed E-state index contributed by atoms with van der Waals surface area (Å²) in [6, 6.07) is 22.5. The number of carbonyl (C=O) groups is 2. The van der Waals surface area contributed by atoms with Crippen LogP contribution in [0.1, 0.15) is 27.0 Å². The van der Waals surface area contributed by atoms with E-state index in [1.165, 1.54) is 16.4 Å². The number of carbonyl (C=O) groups excluding carboxylic acids is 2. The zero-order chi connectivity index (χ0) is 18.6. The second kappa shape index (κ2) is 7.73. The predicted octanol–water partition coefficient (Wildman–Crippen LogP) is 3.86. The number of rotatable bonds is 5. The number of hydrogen-bond acceptors (Lipinski definition) is 4. The van der Waals surface area contributed by atoms with Crippen LogP contribution >= 0.6 is 11.3 Å². The SMILES string of the molecule is O=C(c1ccccc1)N1CC(=O)N(OCc2ccccc2)[C@H]1c1cccs1. The second-order valence-electron chi connectivity index (χ2n) is 6.17. The minimum absolute atomic E-state index is 0.00885. The molecule has 3 aromatic rings. The molecule has 136 valence electrons. The molecule has 0 unspecified atom stereocenters. The molecule has 0 aliphatic carbocycles. The molecule has 2 heterocycles. The average Bonchev–Trinajstić information content (AvgIpc) is 3.35. The van der Waals surface area contributed by atoms with Gasteiger partial charge in [-0.05, 0) is 29.1 Å². The van der Waals surface area contributed by atoms with Gasteiger partial charge < -0.3 is 4.90 Å². The van der Waals surface area contributed by atoms with Crippen molar-refractivity contribution in [3.05, 3.63) is 94.2 Å². The van der Waals surface area contributed by atoms with Gasteiger partial charge in [0.15, 0.2) is 6.17 Å². The van der Waals surface area contributed by atoms with Gasteiger partial charge in [-0.15, -0.1) is 11.3 Å². The van der Waals surface area contributed by atoms with Crippen molar-refractivity contribution in [1.82, 2.24) is 9.96 Å². The lowest BCUT2D eigenvalue weighted by molar-refractivity contribution is -0.201. The first kappa shape index (κ1) is 17.5. The van der Waals surface area contributed by atoms with Crippen molar-refractivity contribution in [2.24, 2.45) is 0 Å². The van der Waals surface area contributed by atoms with Crippen molar-refractivity contribution >= 4 is 23.2 Å². The first-order valence-electron chi connectivity index (χ1n) is 8.62. The Morgan fingerprint density at radius 3 is 2.37 bits per heavy atom. The highest BCUT2D eigenvalue weighted by atomic mass is 32.1. The summed E-state index contributed by atoms with van der Waals surface area (Å²) in [7, 11) is 0. The molecule has 4 rings (SSSR count). The van der Waals surface area contributed by atoms with Gasteiger partial charge in [0.05, 0.1) is 0 Å². The van der Waals surface area contributed by atoms with Gasteiger partial charge in [0.25, 0.3) is 11.8 Å². The fourth-order valence-electron chi connectivity index (χ4n) is 3.06. The lowest BCUT2D eigenvalue weighted by Gasteiger charge is -2.28. The average molecular weight is 378 g/mol. The maximum Gasteiger partial charge on any atom is 0.268 e. The first-order valence-corrected chi connectivity index (χ1v) is 9.50. The van der Waals surface area contributed by atoms with Crippen LogP contribution in [0.5, 0.6) is 0 Å². The van der Waals surface area contributed by atoms with Crippen LogP contribution in [0.2, 0.25) is 0 Å². The third-order valence-corrected chi connectivity index (χ3v) is 5.27. The Hall–Kier alpha value is -2.96. The van der Waals surface area contributed by atoms with Crippen LogP contribution < -0.4 is 0 Å². The smallest absolute Gasteiger partial charge is 0.268 e. The molecule has 1 aliphatic heterocycles. The molecule has 0 radical (unpaired) electrons. The molecule has 27 heavy (non-hydrogen) atoms. The molecule has 5 nitrogen and oxygen atoms in total. The van der Waals surface area contributed by atoms with Crippen molar-refractivity contribution in [3.8, 4) is 0 Å². The molecule has 1 fully saturated rings. The number of hydrogen-bond donors (Lipinski definition) is 0. The molecular formula is C21H18N2O3S. The molecule has 2 amide bonds. The zero-order valence-electron chi connectivity index (χ0n) is 14.5. The molecule has 0 spiro atoms. The Balaban J connectivity index is 1.61. The largest absolute Gasteiger partial charge is 0.302 e. The lowest BCUT2D eigenvalue weighted by Crippen LogP contribution is -2.35. The summed E-state index contributed by atoms with van der Waals surface area (Å²) in [5.41, 5.74) is 1.51. The first-order chi connectivity index (χ1) is 13.2. The second-order valence-corrected chi connectivity index (χ2v) is 7.15. The monoisotopic (exact) mass is 378 g/mol. The van der Waals surface area contributed by atoms with E-state index in [-0.39, 0.29) is 25.0 Å². The van der Waals surface area contributed by atoms with E-state index in [4.69, 9.17) is 4.84 Å². The highest BCUT2D eigenvalue weighted by Gasteiger charge is 2.43. The van der Waals surface area contributed by atoms with Crippen LogP contribution in [0.15, 0.2) is 78.2 Å². The minimum atomic E-state index is -0.561. The van der Waals surface area contributed by atoms with E-state index in [1.54, 1.807) is 17.0 Å². The third kappa shape index (κ3) is 3.63. The van der Waals surface area contributed by atoms with Crippen LogP contribution in [0.3, 0.4) is 0 Å². The van der Waals surface area contributed by atoms with Crippen LogP contribution in [-0.4, -0.2) is 28.3 Å². The number of amides is 2. The Morgan fingerprint density at radius 1 is 1.00 bits per heavy atom. The topological polar surface area (TPSA) is 49.9 Å². The van der Waals surface area contributed by atoms with Crippen LogP contribution in [0, 0.1) is 0 Å². The summed E-state index contributed by atoms with van der Waals surface area (Å²) >= 11 is 1.50. The van der Waals surface area contributed by atoms with Crippen LogP contribution in [0.4, 0.5) is 0 Å². The molecule has 1 aliphatic rings.